The fraction of sp³-hybridized carbons (Fsp3) is 0.684. The summed E-state index contributed by atoms with van der Waals surface area (Å²) in [5, 5.41) is 3.02. The molecule has 3 rings (SSSR count). The average molecular weight is 348 g/mol. The van der Waals surface area contributed by atoms with Gasteiger partial charge < -0.3 is 10.2 Å². The lowest BCUT2D eigenvalue weighted by molar-refractivity contribution is -0.118. The van der Waals surface area contributed by atoms with Crippen LogP contribution in [0.1, 0.15) is 37.8 Å². The third-order valence-electron chi connectivity index (χ3n) is 5.22. The second-order valence-corrected chi connectivity index (χ2v) is 7.97. The molecule has 2 fully saturated rings. The van der Waals surface area contributed by atoms with Gasteiger partial charge in [0.25, 0.3) is 0 Å². The van der Waals surface area contributed by atoms with Crippen molar-refractivity contribution in [2.24, 2.45) is 5.92 Å². The number of nitrogens with one attached hydrogen (secondary N) is 1. The van der Waals surface area contributed by atoms with Crippen molar-refractivity contribution in [3.63, 3.8) is 0 Å². The van der Waals surface area contributed by atoms with Crippen molar-refractivity contribution in [2.45, 2.75) is 44.6 Å². The van der Waals surface area contributed by atoms with E-state index in [2.05, 4.69) is 15.2 Å². The summed E-state index contributed by atoms with van der Waals surface area (Å²) in [7, 11) is 0. The van der Waals surface area contributed by atoms with E-state index in [1.54, 1.807) is 6.20 Å². The first-order valence-corrected chi connectivity index (χ1v) is 10.5. The summed E-state index contributed by atoms with van der Waals surface area (Å²) in [5.74, 6) is 2.66. The van der Waals surface area contributed by atoms with Gasteiger partial charge in [-0.1, -0.05) is 12.5 Å². The SMILES string of the molecule is O=C(CSC[C@@H]1CCCN2CCCC[C@H]12)NCCc1ccccn1. The summed E-state index contributed by atoms with van der Waals surface area (Å²) in [6.45, 7) is 3.26. The number of piperidine rings is 2. The minimum atomic E-state index is 0.159. The van der Waals surface area contributed by atoms with Crippen molar-refractivity contribution in [1.82, 2.24) is 15.2 Å². The van der Waals surface area contributed by atoms with Crippen LogP contribution in [0.4, 0.5) is 0 Å². The first kappa shape index (κ1) is 17.7. The van der Waals surface area contributed by atoms with E-state index >= 15 is 0 Å². The minimum absolute atomic E-state index is 0.159. The van der Waals surface area contributed by atoms with Gasteiger partial charge in [0, 0.05) is 30.9 Å². The zero-order chi connectivity index (χ0) is 16.6. The Morgan fingerprint density at radius 3 is 3.04 bits per heavy atom. The quantitative estimate of drug-likeness (QED) is 0.824. The highest BCUT2D eigenvalue weighted by Crippen LogP contribution is 2.32. The number of amides is 1. The van der Waals surface area contributed by atoms with E-state index < -0.39 is 0 Å². The summed E-state index contributed by atoms with van der Waals surface area (Å²) in [4.78, 5) is 19.0. The van der Waals surface area contributed by atoms with E-state index in [4.69, 9.17) is 0 Å². The maximum atomic E-state index is 12.0. The number of nitrogens with zero attached hydrogens (tertiary/aromatic N) is 2. The summed E-state index contributed by atoms with van der Waals surface area (Å²) in [6.07, 6.45) is 9.39. The molecule has 2 atom stereocenters. The topological polar surface area (TPSA) is 45.2 Å². The van der Waals surface area contributed by atoms with Gasteiger partial charge in [-0.25, -0.2) is 0 Å². The molecule has 0 unspecified atom stereocenters. The Morgan fingerprint density at radius 1 is 1.25 bits per heavy atom. The molecule has 132 valence electrons. The molecule has 0 aromatic carbocycles. The van der Waals surface area contributed by atoms with Crippen LogP contribution in [0.2, 0.25) is 0 Å². The van der Waals surface area contributed by atoms with E-state index in [1.807, 2.05) is 30.0 Å². The predicted octanol–water partition coefficient (Wildman–Crippen LogP) is 2.74. The van der Waals surface area contributed by atoms with Crippen molar-refractivity contribution in [1.29, 1.82) is 0 Å². The highest BCUT2D eigenvalue weighted by atomic mass is 32.2. The van der Waals surface area contributed by atoms with Gasteiger partial charge in [0.2, 0.25) is 5.91 Å². The number of pyridine rings is 1. The van der Waals surface area contributed by atoms with E-state index in [-0.39, 0.29) is 5.91 Å². The van der Waals surface area contributed by atoms with Gasteiger partial charge >= 0.3 is 0 Å². The maximum absolute atomic E-state index is 12.0. The minimum Gasteiger partial charge on any atom is -0.355 e. The molecule has 2 aliphatic heterocycles. The summed E-state index contributed by atoms with van der Waals surface area (Å²) >= 11 is 1.82. The first-order chi connectivity index (χ1) is 11.8. The molecule has 2 aliphatic rings. The Kier molecular flexibility index (Phi) is 6.97. The lowest BCUT2D eigenvalue weighted by atomic mass is 9.85. The second-order valence-electron chi connectivity index (χ2n) is 6.94. The molecule has 0 saturated carbocycles. The number of rotatable bonds is 7. The molecule has 0 spiro atoms. The Hall–Kier alpha value is -1.07. The van der Waals surface area contributed by atoms with Gasteiger partial charge in [-0.15, -0.1) is 0 Å². The molecule has 1 N–H and O–H groups in total. The zero-order valence-corrected chi connectivity index (χ0v) is 15.3. The largest absolute Gasteiger partial charge is 0.355 e. The third-order valence-corrected chi connectivity index (χ3v) is 6.35. The molecule has 0 aliphatic carbocycles. The van der Waals surface area contributed by atoms with Crippen LogP contribution < -0.4 is 5.32 Å². The molecule has 3 heterocycles. The summed E-state index contributed by atoms with van der Waals surface area (Å²) in [5.41, 5.74) is 1.03. The Bertz CT molecular complexity index is 509. The lowest BCUT2D eigenvalue weighted by Crippen LogP contribution is -2.48. The van der Waals surface area contributed by atoms with Gasteiger partial charge in [0.1, 0.15) is 0 Å². The van der Waals surface area contributed by atoms with Gasteiger partial charge in [0.15, 0.2) is 0 Å². The Balaban J connectivity index is 1.31. The third kappa shape index (κ3) is 5.21. The van der Waals surface area contributed by atoms with E-state index in [1.165, 1.54) is 45.2 Å². The number of aromatic nitrogens is 1. The van der Waals surface area contributed by atoms with Crippen LogP contribution in [0.25, 0.3) is 0 Å². The summed E-state index contributed by atoms with van der Waals surface area (Å²) in [6, 6.07) is 6.68. The zero-order valence-electron chi connectivity index (χ0n) is 14.5. The predicted molar refractivity (Wildman–Crippen MR) is 100 cm³/mol. The van der Waals surface area contributed by atoms with Crippen molar-refractivity contribution >= 4 is 17.7 Å². The molecule has 24 heavy (non-hydrogen) atoms. The number of hydrogen-bond donors (Lipinski definition) is 1. The number of thioether (sulfide) groups is 1. The molecule has 5 heteroatoms. The molecule has 2 saturated heterocycles. The second kappa shape index (κ2) is 9.42. The van der Waals surface area contributed by atoms with E-state index in [9.17, 15) is 4.79 Å². The van der Waals surface area contributed by atoms with Crippen molar-refractivity contribution in [2.75, 3.05) is 31.1 Å². The lowest BCUT2D eigenvalue weighted by Gasteiger charge is -2.44. The fourth-order valence-corrected chi connectivity index (χ4v) is 5.10. The van der Waals surface area contributed by atoms with Gasteiger partial charge in [0.05, 0.1) is 5.75 Å². The smallest absolute Gasteiger partial charge is 0.230 e. The van der Waals surface area contributed by atoms with Crippen LogP contribution in [-0.2, 0) is 11.2 Å². The highest BCUT2D eigenvalue weighted by Gasteiger charge is 2.32. The van der Waals surface area contributed by atoms with Crippen LogP contribution >= 0.6 is 11.8 Å². The van der Waals surface area contributed by atoms with E-state index in [0.717, 1.165) is 29.8 Å². The molecule has 1 aromatic heterocycles. The molecule has 0 radical (unpaired) electrons. The van der Waals surface area contributed by atoms with Crippen LogP contribution in [0, 0.1) is 5.92 Å². The highest BCUT2D eigenvalue weighted by molar-refractivity contribution is 7.99. The Labute approximate surface area is 149 Å². The van der Waals surface area contributed by atoms with Crippen molar-refractivity contribution < 1.29 is 4.79 Å². The van der Waals surface area contributed by atoms with Crippen LogP contribution in [0.5, 0.6) is 0 Å². The van der Waals surface area contributed by atoms with E-state index in [0.29, 0.717) is 12.3 Å². The van der Waals surface area contributed by atoms with Gasteiger partial charge in [-0.3, -0.25) is 9.78 Å². The van der Waals surface area contributed by atoms with Gasteiger partial charge in [-0.05, 0) is 62.6 Å². The molecule has 0 bridgehead atoms. The number of carbonyl (C=O) groups is 1. The maximum Gasteiger partial charge on any atom is 0.230 e. The van der Waals surface area contributed by atoms with Crippen molar-refractivity contribution in [3.8, 4) is 0 Å². The average Bonchev–Trinajstić information content (AvgIpc) is 2.63. The number of hydrogen-bond acceptors (Lipinski definition) is 4. The molecule has 1 aromatic rings. The monoisotopic (exact) mass is 347 g/mol. The normalized spacial score (nSPS) is 24.3. The van der Waals surface area contributed by atoms with Gasteiger partial charge in [-0.2, -0.15) is 11.8 Å². The molecule has 4 nitrogen and oxygen atoms in total. The Morgan fingerprint density at radius 2 is 2.17 bits per heavy atom. The summed E-state index contributed by atoms with van der Waals surface area (Å²) < 4.78 is 0. The molecule has 1 amide bonds. The van der Waals surface area contributed by atoms with Crippen LogP contribution in [-0.4, -0.2) is 53.0 Å². The molecular weight excluding hydrogens is 318 g/mol. The standard InChI is InChI=1S/C19H29N3OS/c23-19(21-11-9-17-7-1-3-10-20-17)15-24-14-16-6-5-13-22-12-4-2-8-18(16)22/h1,3,7,10,16,18H,2,4-6,8-9,11-15H2,(H,21,23)/t16-,18+/m0/s1. The van der Waals surface area contributed by atoms with Crippen molar-refractivity contribution in [3.05, 3.63) is 30.1 Å². The first-order valence-electron chi connectivity index (χ1n) is 9.31. The number of fused-ring (bicyclic) bond motifs is 1. The number of carbonyl (C=O) groups excluding carboxylic acids is 1. The molecular formula is C19H29N3OS. The fourth-order valence-electron chi connectivity index (χ4n) is 4.00. The van der Waals surface area contributed by atoms with Crippen LogP contribution in [0.15, 0.2) is 24.4 Å². The van der Waals surface area contributed by atoms with Crippen LogP contribution in [0.3, 0.4) is 0 Å².